The van der Waals surface area contributed by atoms with E-state index in [-0.39, 0.29) is 31.1 Å². The molecule has 0 aromatic heterocycles. The Balaban J connectivity index is 4.30. The summed E-state index contributed by atoms with van der Waals surface area (Å²) in [5, 5.41) is 0. The zero-order valence-corrected chi connectivity index (χ0v) is 42.0. The molecule has 6 heteroatoms. The minimum absolute atomic E-state index is 0.0643. The first-order valence-corrected chi connectivity index (χ1v) is 27.1. The maximum Gasteiger partial charge on any atom is 0.306 e. The Hall–Kier alpha value is -1.59. The molecule has 0 fully saturated rings. The fourth-order valence-electron chi connectivity index (χ4n) is 8.29. The van der Waals surface area contributed by atoms with Crippen LogP contribution in [-0.4, -0.2) is 37.2 Å². The summed E-state index contributed by atoms with van der Waals surface area (Å²) >= 11 is 0. The highest BCUT2D eigenvalue weighted by Crippen LogP contribution is 2.18. The third-order valence-electron chi connectivity index (χ3n) is 12.4. The normalized spacial score (nSPS) is 12.1. The molecule has 0 saturated carbocycles. The number of ether oxygens (including phenoxy) is 3. The van der Waals surface area contributed by atoms with Gasteiger partial charge in [0.1, 0.15) is 13.2 Å². The first kappa shape index (κ1) is 59.4. The zero-order valence-electron chi connectivity index (χ0n) is 42.0. The van der Waals surface area contributed by atoms with Crippen LogP contribution in [-0.2, 0) is 28.6 Å². The van der Waals surface area contributed by atoms with Gasteiger partial charge in [0.05, 0.1) is 0 Å². The van der Waals surface area contributed by atoms with Crippen molar-refractivity contribution in [2.75, 3.05) is 13.2 Å². The zero-order chi connectivity index (χ0) is 44.9. The molecule has 0 aliphatic rings. The van der Waals surface area contributed by atoms with E-state index in [1.807, 2.05) is 0 Å². The third kappa shape index (κ3) is 49.3. The lowest BCUT2D eigenvalue weighted by molar-refractivity contribution is -0.167. The molecule has 0 aliphatic carbocycles. The van der Waals surface area contributed by atoms with E-state index in [1.165, 1.54) is 180 Å². The molecule has 362 valence electrons. The average molecular weight is 863 g/mol. The summed E-state index contributed by atoms with van der Waals surface area (Å²) in [5.74, 6) is 1.63. The van der Waals surface area contributed by atoms with Crippen molar-refractivity contribution in [3.8, 4) is 0 Å². The van der Waals surface area contributed by atoms with Crippen LogP contribution in [0.5, 0.6) is 0 Å². The molecule has 0 aromatic rings. The first-order chi connectivity index (χ1) is 29.6. The van der Waals surface area contributed by atoms with Gasteiger partial charge >= 0.3 is 17.9 Å². The predicted molar refractivity (Wildman–Crippen MR) is 261 cm³/mol. The van der Waals surface area contributed by atoms with Gasteiger partial charge in [-0.2, -0.15) is 0 Å². The summed E-state index contributed by atoms with van der Waals surface area (Å²) < 4.78 is 16.8. The number of hydrogen-bond donors (Lipinski definition) is 0. The fraction of sp³-hybridized carbons (Fsp3) is 0.945. The molecule has 0 bridgehead atoms. The van der Waals surface area contributed by atoms with Crippen LogP contribution < -0.4 is 0 Å². The lowest BCUT2D eigenvalue weighted by atomic mass is 10.0. The van der Waals surface area contributed by atoms with Crippen molar-refractivity contribution in [3.05, 3.63) is 0 Å². The van der Waals surface area contributed by atoms with Crippen molar-refractivity contribution in [3.63, 3.8) is 0 Å². The fourth-order valence-corrected chi connectivity index (χ4v) is 8.29. The Kier molecular flexibility index (Phi) is 45.2. The van der Waals surface area contributed by atoms with Gasteiger partial charge in [-0.05, 0) is 37.0 Å². The van der Waals surface area contributed by atoms with Crippen LogP contribution in [0.15, 0.2) is 0 Å². The quantitative estimate of drug-likeness (QED) is 0.0344. The molecule has 0 rings (SSSR count). The molecule has 0 N–H and O–H groups in total. The van der Waals surface area contributed by atoms with Gasteiger partial charge in [0.2, 0.25) is 0 Å². The van der Waals surface area contributed by atoms with Crippen LogP contribution in [0.3, 0.4) is 0 Å². The smallest absolute Gasteiger partial charge is 0.306 e. The Morgan fingerprint density at radius 1 is 0.279 bits per heavy atom. The van der Waals surface area contributed by atoms with Crippen LogP contribution in [0.2, 0.25) is 0 Å². The Labute approximate surface area is 380 Å². The highest BCUT2D eigenvalue weighted by molar-refractivity contribution is 5.71. The lowest BCUT2D eigenvalue weighted by Gasteiger charge is -2.18. The SMILES string of the molecule is CC(C)CCCCCCCCCCCCCCCCC(=O)OC[C@@H](COC(=O)CCCCCCCCCCCC(C)C)OC(=O)CCCCCCCCCCCCCC(C)C. The molecule has 0 unspecified atom stereocenters. The van der Waals surface area contributed by atoms with E-state index < -0.39 is 6.10 Å². The standard InChI is InChI=1S/C55H106O6/c1-49(2)41-35-29-23-17-12-9-7-8-10-14-20-26-32-38-44-53(56)59-47-52(48-60-54(57)45-39-33-27-22-16-19-25-31-37-43-51(5)6)61-55(58)46-40-34-28-21-15-11-13-18-24-30-36-42-50(3)4/h49-52H,7-48H2,1-6H3/t52-/m0/s1. The predicted octanol–water partition coefficient (Wildman–Crippen LogP) is 17.6. The van der Waals surface area contributed by atoms with Crippen LogP contribution in [0.4, 0.5) is 0 Å². The molecule has 0 saturated heterocycles. The highest BCUT2D eigenvalue weighted by atomic mass is 16.6. The molecule has 0 heterocycles. The summed E-state index contributed by atoms with van der Waals surface area (Å²) in [6.45, 7) is 13.7. The molecule has 0 amide bonds. The molecular weight excluding hydrogens is 757 g/mol. The van der Waals surface area contributed by atoms with Crippen molar-refractivity contribution in [2.45, 2.75) is 304 Å². The number of carbonyl (C=O) groups is 3. The molecule has 61 heavy (non-hydrogen) atoms. The lowest BCUT2D eigenvalue weighted by Crippen LogP contribution is -2.30. The van der Waals surface area contributed by atoms with Crippen molar-refractivity contribution >= 4 is 17.9 Å². The maximum atomic E-state index is 12.8. The van der Waals surface area contributed by atoms with Gasteiger partial charge in [-0.1, -0.05) is 260 Å². The van der Waals surface area contributed by atoms with Crippen LogP contribution in [0.1, 0.15) is 298 Å². The van der Waals surface area contributed by atoms with E-state index in [0.29, 0.717) is 19.3 Å². The van der Waals surface area contributed by atoms with Crippen LogP contribution in [0.25, 0.3) is 0 Å². The van der Waals surface area contributed by atoms with Gasteiger partial charge in [-0.25, -0.2) is 0 Å². The van der Waals surface area contributed by atoms with Crippen molar-refractivity contribution in [2.24, 2.45) is 17.8 Å². The summed E-state index contributed by atoms with van der Waals surface area (Å²) in [4.78, 5) is 38.0. The number of esters is 3. The third-order valence-corrected chi connectivity index (χ3v) is 12.4. The minimum atomic E-state index is -0.763. The topological polar surface area (TPSA) is 78.9 Å². The van der Waals surface area contributed by atoms with Crippen molar-refractivity contribution in [1.82, 2.24) is 0 Å². The summed E-state index contributed by atoms with van der Waals surface area (Å²) in [6.07, 6.45) is 46.6. The Morgan fingerprint density at radius 3 is 0.705 bits per heavy atom. The molecule has 1 atom stereocenters. The first-order valence-electron chi connectivity index (χ1n) is 27.1. The van der Waals surface area contributed by atoms with E-state index in [0.717, 1.165) is 75.5 Å². The molecule has 6 nitrogen and oxygen atoms in total. The second-order valence-corrected chi connectivity index (χ2v) is 20.3. The maximum absolute atomic E-state index is 12.8. The van der Waals surface area contributed by atoms with Crippen molar-refractivity contribution < 1.29 is 28.6 Å². The number of carbonyl (C=O) groups excluding carboxylic acids is 3. The number of unbranched alkanes of at least 4 members (excludes halogenated alkanes) is 31. The van der Waals surface area contributed by atoms with E-state index in [1.54, 1.807) is 0 Å². The average Bonchev–Trinajstić information content (AvgIpc) is 3.22. The van der Waals surface area contributed by atoms with E-state index in [9.17, 15) is 14.4 Å². The molecule has 0 radical (unpaired) electrons. The van der Waals surface area contributed by atoms with Gasteiger partial charge in [0, 0.05) is 19.3 Å². The molecule has 0 aliphatic heterocycles. The van der Waals surface area contributed by atoms with Crippen LogP contribution >= 0.6 is 0 Å². The monoisotopic (exact) mass is 863 g/mol. The van der Waals surface area contributed by atoms with Crippen molar-refractivity contribution in [1.29, 1.82) is 0 Å². The van der Waals surface area contributed by atoms with Gasteiger partial charge in [-0.15, -0.1) is 0 Å². The van der Waals surface area contributed by atoms with Gasteiger partial charge in [0.15, 0.2) is 6.10 Å². The van der Waals surface area contributed by atoms with Gasteiger partial charge in [-0.3, -0.25) is 14.4 Å². The summed E-state index contributed by atoms with van der Waals surface area (Å²) in [5.41, 5.74) is 0. The molecule has 0 spiro atoms. The number of rotatable bonds is 48. The van der Waals surface area contributed by atoms with Gasteiger partial charge in [0.25, 0.3) is 0 Å². The number of hydrogen-bond acceptors (Lipinski definition) is 6. The van der Waals surface area contributed by atoms with Crippen LogP contribution in [0, 0.1) is 17.8 Å². The van der Waals surface area contributed by atoms with E-state index in [2.05, 4.69) is 41.5 Å². The van der Waals surface area contributed by atoms with E-state index in [4.69, 9.17) is 14.2 Å². The second kappa shape index (κ2) is 46.4. The Bertz CT molecular complexity index is 945. The summed E-state index contributed by atoms with van der Waals surface area (Å²) in [6, 6.07) is 0. The minimum Gasteiger partial charge on any atom is -0.462 e. The largest absolute Gasteiger partial charge is 0.462 e. The second-order valence-electron chi connectivity index (χ2n) is 20.3. The Morgan fingerprint density at radius 2 is 0.475 bits per heavy atom. The highest BCUT2D eigenvalue weighted by Gasteiger charge is 2.19. The molecular formula is C55H106O6. The van der Waals surface area contributed by atoms with E-state index >= 15 is 0 Å². The summed E-state index contributed by atoms with van der Waals surface area (Å²) in [7, 11) is 0. The molecule has 0 aromatic carbocycles. The van der Waals surface area contributed by atoms with Gasteiger partial charge < -0.3 is 14.2 Å².